The second-order valence-electron chi connectivity index (χ2n) is 4.83. The first kappa shape index (κ1) is 19.9. The third-order valence-corrected chi connectivity index (χ3v) is 3.56. The van der Waals surface area contributed by atoms with Crippen LogP contribution in [0.5, 0.6) is 0 Å². The summed E-state index contributed by atoms with van der Waals surface area (Å²) >= 11 is 11.2. The van der Waals surface area contributed by atoms with Crippen LogP contribution < -0.4 is 0 Å². The summed E-state index contributed by atoms with van der Waals surface area (Å²) < 4.78 is 35.6. The average molecular weight is 363 g/mol. The maximum absolute atomic E-state index is 11.9. The predicted octanol–water partition coefficient (Wildman–Crippen LogP) is 7.60. The highest BCUT2D eigenvalue weighted by atomic mass is 35.5. The summed E-state index contributed by atoms with van der Waals surface area (Å²) in [6.07, 6.45) is -1.58. The molecule has 0 nitrogen and oxygen atoms in total. The van der Waals surface area contributed by atoms with E-state index in [2.05, 4.69) is 12.1 Å². The van der Waals surface area contributed by atoms with Crippen molar-refractivity contribution in [2.75, 3.05) is 0 Å². The average Bonchev–Trinajstić information content (AvgIpc) is 3.34. The Hall–Kier alpha value is -1.19. The van der Waals surface area contributed by atoms with E-state index in [1.807, 2.05) is 26.0 Å². The molecule has 23 heavy (non-hydrogen) atoms. The molecule has 1 aliphatic rings. The van der Waals surface area contributed by atoms with Crippen LogP contribution in [0.3, 0.4) is 0 Å². The van der Waals surface area contributed by atoms with Gasteiger partial charge in [0.2, 0.25) is 0 Å². The fourth-order valence-corrected chi connectivity index (χ4v) is 2.14. The molecule has 0 radical (unpaired) electrons. The molecule has 0 bridgehead atoms. The summed E-state index contributed by atoms with van der Waals surface area (Å²) in [7, 11) is 0. The lowest BCUT2D eigenvalue weighted by atomic mass is 10.1. The van der Waals surface area contributed by atoms with Crippen molar-refractivity contribution in [3.8, 4) is 0 Å². The summed E-state index contributed by atoms with van der Waals surface area (Å²) in [5, 5.41) is 1.17. The zero-order chi connectivity index (χ0) is 17.5. The second-order valence-corrected chi connectivity index (χ2v) is 5.71. The molecular formula is C18H19Cl2F3. The molecule has 2 aromatic rings. The molecule has 1 aliphatic carbocycles. The zero-order valence-corrected chi connectivity index (χ0v) is 14.5. The second kappa shape index (κ2) is 9.19. The van der Waals surface area contributed by atoms with Crippen molar-refractivity contribution in [1.29, 1.82) is 0 Å². The Morgan fingerprint density at radius 2 is 1.43 bits per heavy atom. The minimum atomic E-state index is -4.27. The highest BCUT2D eigenvalue weighted by molar-refractivity contribution is 6.30. The standard InChI is InChI=1S/C9H9Cl.C7H4ClF3.C2H6/c10-9-3-1-2-8(6-9)7-4-5-7;8-6-3-1-5(2-4-6)7(9,10)11;1-2/h1-3,6-7H,4-5H2;1-4H;1-2H3. The molecule has 0 unspecified atom stereocenters. The Kier molecular flexibility index (Phi) is 7.93. The molecule has 126 valence electrons. The molecule has 0 aromatic heterocycles. The van der Waals surface area contributed by atoms with Gasteiger partial charge in [0, 0.05) is 10.0 Å². The molecule has 5 heteroatoms. The molecule has 2 aromatic carbocycles. The van der Waals surface area contributed by atoms with Crippen LogP contribution in [0.15, 0.2) is 48.5 Å². The van der Waals surface area contributed by atoms with Gasteiger partial charge in [0.25, 0.3) is 0 Å². The van der Waals surface area contributed by atoms with Gasteiger partial charge in [-0.05, 0) is 60.7 Å². The first-order valence-electron chi connectivity index (χ1n) is 7.44. The van der Waals surface area contributed by atoms with Crippen LogP contribution in [-0.2, 0) is 6.18 Å². The number of alkyl halides is 3. The van der Waals surface area contributed by atoms with Gasteiger partial charge in [-0.15, -0.1) is 0 Å². The van der Waals surface area contributed by atoms with E-state index in [0.717, 1.165) is 23.1 Å². The summed E-state index contributed by atoms with van der Waals surface area (Å²) in [4.78, 5) is 0. The van der Waals surface area contributed by atoms with Crippen LogP contribution in [0, 0.1) is 0 Å². The first-order chi connectivity index (χ1) is 10.9. The molecule has 0 aliphatic heterocycles. The van der Waals surface area contributed by atoms with E-state index < -0.39 is 11.7 Å². The van der Waals surface area contributed by atoms with Crippen molar-refractivity contribution in [3.05, 3.63) is 69.7 Å². The molecule has 3 rings (SSSR count). The SMILES string of the molecule is CC.Clc1cccc(C2CC2)c1.FC(F)(F)c1ccc(Cl)cc1. The molecule has 0 saturated heterocycles. The predicted molar refractivity (Wildman–Crippen MR) is 91.2 cm³/mol. The molecule has 0 spiro atoms. The molecule has 1 fully saturated rings. The summed E-state index contributed by atoms with van der Waals surface area (Å²) in [6.45, 7) is 4.00. The fraction of sp³-hybridized carbons (Fsp3) is 0.333. The summed E-state index contributed by atoms with van der Waals surface area (Å²) in [5.41, 5.74) is 0.731. The number of halogens is 5. The van der Waals surface area contributed by atoms with E-state index in [9.17, 15) is 13.2 Å². The van der Waals surface area contributed by atoms with Crippen LogP contribution in [0.1, 0.15) is 43.7 Å². The molecule has 0 heterocycles. The van der Waals surface area contributed by atoms with Gasteiger partial charge >= 0.3 is 6.18 Å². The van der Waals surface area contributed by atoms with Crippen LogP contribution in [0.25, 0.3) is 0 Å². The zero-order valence-electron chi connectivity index (χ0n) is 13.0. The van der Waals surface area contributed by atoms with Gasteiger partial charge < -0.3 is 0 Å². The maximum atomic E-state index is 11.9. The van der Waals surface area contributed by atoms with Crippen molar-refractivity contribution < 1.29 is 13.2 Å². The minimum Gasteiger partial charge on any atom is -0.166 e. The van der Waals surface area contributed by atoms with E-state index in [-0.39, 0.29) is 0 Å². The van der Waals surface area contributed by atoms with Gasteiger partial charge in [-0.25, -0.2) is 0 Å². The fourth-order valence-electron chi connectivity index (χ4n) is 1.82. The van der Waals surface area contributed by atoms with Crippen LogP contribution in [-0.4, -0.2) is 0 Å². The Morgan fingerprint density at radius 3 is 1.87 bits per heavy atom. The van der Waals surface area contributed by atoms with Gasteiger partial charge in [0.1, 0.15) is 0 Å². The lowest BCUT2D eigenvalue weighted by Gasteiger charge is -2.04. The van der Waals surface area contributed by atoms with E-state index in [4.69, 9.17) is 23.2 Å². The van der Waals surface area contributed by atoms with Crippen LogP contribution >= 0.6 is 23.2 Å². The van der Waals surface area contributed by atoms with Gasteiger partial charge in [0.05, 0.1) is 5.56 Å². The lowest BCUT2D eigenvalue weighted by molar-refractivity contribution is -0.137. The quantitative estimate of drug-likeness (QED) is 0.489. The summed E-state index contributed by atoms with van der Waals surface area (Å²) in [6, 6.07) is 12.5. The largest absolute Gasteiger partial charge is 0.416 e. The molecule has 0 atom stereocenters. The van der Waals surface area contributed by atoms with E-state index >= 15 is 0 Å². The first-order valence-corrected chi connectivity index (χ1v) is 8.20. The minimum absolute atomic E-state index is 0.304. The van der Waals surface area contributed by atoms with E-state index in [0.29, 0.717) is 5.02 Å². The summed E-state index contributed by atoms with van der Waals surface area (Å²) in [5.74, 6) is 0.818. The Bertz CT molecular complexity index is 588. The van der Waals surface area contributed by atoms with E-state index in [1.165, 1.54) is 30.5 Å². The number of hydrogen-bond donors (Lipinski definition) is 0. The maximum Gasteiger partial charge on any atom is 0.416 e. The highest BCUT2D eigenvalue weighted by Gasteiger charge is 2.29. The van der Waals surface area contributed by atoms with Crippen molar-refractivity contribution >= 4 is 23.2 Å². The van der Waals surface area contributed by atoms with Crippen LogP contribution in [0.4, 0.5) is 13.2 Å². The lowest BCUT2D eigenvalue weighted by Crippen LogP contribution is -2.03. The van der Waals surface area contributed by atoms with Crippen LogP contribution in [0.2, 0.25) is 10.0 Å². The molecule has 0 amide bonds. The highest BCUT2D eigenvalue weighted by Crippen LogP contribution is 2.40. The third-order valence-electron chi connectivity index (χ3n) is 3.07. The van der Waals surface area contributed by atoms with Crippen molar-refractivity contribution in [1.82, 2.24) is 0 Å². The Morgan fingerprint density at radius 1 is 0.870 bits per heavy atom. The normalized spacial score (nSPS) is 13.3. The van der Waals surface area contributed by atoms with Gasteiger partial charge in [-0.2, -0.15) is 13.2 Å². The Labute approximate surface area is 145 Å². The number of hydrogen-bond acceptors (Lipinski definition) is 0. The Balaban J connectivity index is 0.000000208. The number of benzene rings is 2. The smallest absolute Gasteiger partial charge is 0.166 e. The number of rotatable bonds is 1. The van der Waals surface area contributed by atoms with Gasteiger partial charge in [-0.1, -0.05) is 49.2 Å². The topological polar surface area (TPSA) is 0 Å². The van der Waals surface area contributed by atoms with Gasteiger partial charge in [0.15, 0.2) is 0 Å². The van der Waals surface area contributed by atoms with Crippen molar-refractivity contribution in [3.63, 3.8) is 0 Å². The monoisotopic (exact) mass is 362 g/mol. The van der Waals surface area contributed by atoms with Gasteiger partial charge in [-0.3, -0.25) is 0 Å². The molecular weight excluding hydrogens is 344 g/mol. The molecule has 0 N–H and O–H groups in total. The molecule has 1 saturated carbocycles. The van der Waals surface area contributed by atoms with E-state index in [1.54, 1.807) is 0 Å². The van der Waals surface area contributed by atoms with Crippen molar-refractivity contribution in [2.45, 2.75) is 38.8 Å². The van der Waals surface area contributed by atoms with Crippen molar-refractivity contribution in [2.24, 2.45) is 0 Å². The third kappa shape index (κ3) is 7.28.